The highest BCUT2D eigenvalue weighted by atomic mass is 16.5. The lowest BCUT2D eigenvalue weighted by molar-refractivity contribution is -0.0490. The Bertz CT molecular complexity index is 223. The summed E-state index contributed by atoms with van der Waals surface area (Å²) >= 11 is 0. The summed E-state index contributed by atoms with van der Waals surface area (Å²) in [6.07, 6.45) is 0. The Morgan fingerprint density at radius 2 is 2.15 bits per heavy atom. The van der Waals surface area contributed by atoms with Crippen molar-refractivity contribution in [1.82, 2.24) is 0 Å². The number of nitroso groups, excluding NO2 is 1. The minimum Gasteiger partial charge on any atom is -0.393 e. The summed E-state index contributed by atoms with van der Waals surface area (Å²) in [5.74, 6) is 0. The number of hydrogen-bond donors (Lipinski definition) is 2. The monoisotopic (exact) mass is 185 g/mol. The van der Waals surface area contributed by atoms with Crippen molar-refractivity contribution in [3.05, 3.63) is 4.91 Å². The zero-order valence-electron chi connectivity index (χ0n) is 7.60. The maximum atomic E-state index is 10.5. The third-order valence-electron chi connectivity index (χ3n) is 2.52. The van der Waals surface area contributed by atoms with Gasteiger partial charge in [0.15, 0.2) is 6.04 Å². The van der Waals surface area contributed by atoms with Gasteiger partial charge in [-0.3, -0.25) is 0 Å². The zero-order valence-corrected chi connectivity index (χ0v) is 7.60. The van der Waals surface area contributed by atoms with Crippen molar-refractivity contribution in [2.45, 2.75) is 37.1 Å². The predicted molar refractivity (Wildman–Crippen MR) is 46.3 cm³/mol. The highest BCUT2D eigenvalue weighted by Crippen LogP contribution is 2.38. The smallest absolute Gasteiger partial charge is 0.153 e. The summed E-state index contributed by atoms with van der Waals surface area (Å²) in [4.78, 5) is 10.5. The standard InChI is InChI=1S/C7H12BNO4/c1-6(3-10)4(9-12)7(2,11)5(8)13-6/h4-5,10-11H,3H2,1-2H3/t4-,5-,6-,7-/m1/s1. The van der Waals surface area contributed by atoms with Gasteiger partial charge in [0, 0.05) is 6.00 Å². The van der Waals surface area contributed by atoms with Crippen LogP contribution in [-0.4, -0.2) is 47.9 Å². The Balaban J connectivity index is 3.01. The fourth-order valence-electron chi connectivity index (χ4n) is 1.59. The van der Waals surface area contributed by atoms with E-state index in [9.17, 15) is 10.0 Å². The van der Waals surface area contributed by atoms with E-state index in [0.717, 1.165) is 0 Å². The molecule has 6 heteroatoms. The minimum atomic E-state index is -1.53. The Hall–Kier alpha value is -0.455. The van der Waals surface area contributed by atoms with Crippen LogP contribution < -0.4 is 0 Å². The first kappa shape index (κ1) is 10.6. The van der Waals surface area contributed by atoms with E-state index in [2.05, 4.69) is 5.18 Å². The molecule has 0 aliphatic carbocycles. The second-order valence-electron chi connectivity index (χ2n) is 3.74. The van der Waals surface area contributed by atoms with Crippen LogP contribution in [0.4, 0.5) is 0 Å². The molecule has 13 heavy (non-hydrogen) atoms. The molecule has 1 rings (SSSR count). The number of nitrogens with zero attached hydrogens (tertiary/aromatic N) is 1. The average Bonchev–Trinajstić information content (AvgIpc) is 2.20. The fourth-order valence-corrected chi connectivity index (χ4v) is 1.59. The SMILES string of the molecule is [B][C@@H]1O[C@](C)(CO)[C@@H](N=O)[C@@]1(C)O. The Labute approximate surface area is 77.5 Å². The quantitative estimate of drug-likeness (QED) is 0.433. The molecular formula is C7H12BNO4. The van der Waals surface area contributed by atoms with Crippen LogP contribution in [-0.2, 0) is 4.74 Å². The van der Waals surface area contributed by atoms with Gasteiger partial charge in [0.1, 0.15) is 19.0 Å². The Morgan fingerprint density at radius 3 is 2.46 bits per heavy atom. The Kier molecular flexibility index (Phi) is 2.49. The van der Waals surface area contributed by atoms with E-state index in [1.807, 2.05) is 0 Å². The maximum absolute atomic E-state index is 10.5. The first-order valence-electron chi connectivity index (χ1n) is 3.97. The van der Waals surface area contributed by atoms with Crippen LogP contribution in [0.3, 0.4) is 0 Å². The van der Waals surface area contributed by atoms with E-state index in [0.29, 0.717) is 0 Å². The molecule has 1 fully saturated rings. The van der Waals surface area contributed by atoms with Crippen molar-refractivity contribution in [3.63, 3.8) is 0 Å². The third kappa shape index (κ3) is 1.39. The van der Waals surface area contributed by atoms with Gasteiger partial charge in [-0.05, 0) is 13.8 Å². The number of hydrogen-bond acceptors (Lipinski definition) is 5. The molecule has 1 heterocycles. The first-order valence-corrected chi connectivity index (χ1v) is 3.97. The molecule has 1 saturated heterocycles. The number of aliphatic hydroxyl groups excluding tert-OH is 1. The molecule has 5 nitrogen and oxygen atoms in total. The summed E-state index contributed by atoms with van der Waals surface area (Å²) in [5.41, 5.74) is -2.72. The highest BCUT2D eigenvalue weighted by Gasteiger charge is 2.58. The molecule has 2 radical (unpaired) electrons. The van der Waals surface area contributed by atoms with Gasteiger partial charge in [-0.2, -0.15) is 4.91 Å². The van der Waals surface area contributed by atoms with Gasteiger partial charge in [0.2, 0.25) is 0 Å². The molecular weight excluding hydrogens is 173 g/mol. The molecule has 2 N–H and O–H groups in total. The van der Waals surface area contributed by atoms with Gasteiger partial charge in [-0.25, -0.2) is 0 Å². The van der Waals surface area contributed by atoms with Crippen molar-refractivity contribution in [3.8, 4) is 0 Å². The number of rotatable bonds is 2. The average molecular weight is 185 g/mol. The van der Waals surface area contributed by atoms with E-state index in [4.69, 9.17) is 17.7 Å². The van der Waals surface area contributed by atoms with Gasteiger partial charge in [-0.1, -0.05) is 5.18 Å². The molecule has 0 bridgehead atoms. The summed E-state index contributed by atoms with van der Waals surface area (Å²) in [6.45, 7) is 2.44. The van der Waals surface area contributed by atoms with Crippen LogP contribution in [0.2, 0.25) is 0 Å². The van der Waals surface area contributed by atoms with Crippen molar-refractivity contribution < 1.29 is 14.9 Å². The second kappa shape index (κ2) is 3.04. The fraction of sp³-hybridized carbons (Fsp3) is 1.00. The number of aliphatic hydroxyl groups is 2. The lowest BCUT2D eigenvalue weighted by atomic mass is 9.78. The second-order valence-corrected chi connectivity index (χ2v) is 3.74. The maximum Gasteiger partial charge on any atom is 0.153 e. The molecule has 0 aromatic rings. The molecule has 0 aromatic carbocycles. The minimum absolute atomic E-state index is 0.409. The molecule has 4 atom stereocenters. The van der Waals surface area contributed by atoms with Crippen LogP contribution in [0.25, 0.3) is 0 Å². The molecule has 0 spiro atoms. The van der Waals surface area contributed by atoms with Gasteiger partial charge in [0.05, 0.1) is 6.61 Å². The van der Waals surface area contributed by atoms with E-state index < -0.39 is 29.9 Å². The van der Waals surface area contributed by atoms with Crippen LogP contribution in [0.15, 0.2) is 5.18 Å². The summed E-state index contributed by atoms with van der Waals surface area (Å²) in [5, 5.41) is 21.5. The van der Waals surface area contributed by atoms with Crippen molar-refractivity contribution >= 4 is 7.85 Å². The van der Waals surface area contributed by atoms with E-state index in [1.54, 1.807) is 0 Å². The normalized spacial score (nSPS) is 50.8. The van der Waals surface area contributed by atoms with Crippen LogP contribution in [0.5, 0.6) is 0 Å². The first-order chi connectivity index (χ1) is 5.88. The lowest BCUT2D eigenvalue weighted by Gasteiger charge is -2.27. The molecule has 0 unspecified atom stereocenters. The lowest BCUT2D eigenvalue weighted by Crippen LogP contribution is -2.49. The zero-order chi connectivity index (χ0) is 10.3. The third-order valence-corrected chi connectivity index (χ3v) is 2.52. The summed E-state index contributed by atoms with van der Waals surface area (Å²) < 4.78 is 5.10. The summed E-state index contributed by atoms with van der Waals surface area (Å²) in [7, 11) is 5.45. The number of ether oxygens (including phenoxy) is 1. The Morgan fingerprint density at radius 1 is 1.62 bits per heavy atom. The van der Waals surface area contributed by atoms with Crippen LogP contribution in [0.1, 0.15) is 13.8 Å². The molecule has 0 saturated carbocycles. The van der Waals surface area contributed by atoms with Crippen molar-refractivity contribution in [2.24, 2.45) is 5.18 Å². The summed E-state index contributed by atoms with van der Waals surface area (Å²) in [6, 6.07) is -2.06. The highest BCUT2D eigenvalue weighted by molar-refractivity contribution is 6.12. The van der Waals surface area contributed by atoms with Crippen LogP contribution in [0, 0.1) is 4.91 Å². The molecule has 0 aromatic heterocycles. The molecule has 1 aliphatic rings. The van der Waals surface area contributed by atoms with E-state index in [-0.39, 0.29) is 0 Å². The molecule has 72 valence electrons. The van der Waals surface area contributed by atoms with Crippen molar-refractivity contribution in [1.29, 1.82) is 0 Å². The topological polar surface area (TPSA) is 79.1 Å². The van der Waals surface area contributed by atoms with Gasteiger partial charge in [-0.15, -0.1) is 0 Å². The predicted octanol–water partition coefficient (Wildman–Crippen LogP) is -0.852. The van der Waals surface area contributed by atoms with Gasteiger partial charge >= 0.3 is 0 Å². The van der Waals surface area contributed by atoms with Crippen LogP contribution >= 0.6 is 0 Å². The molecule has 0 amide bonds. The van der Waals surface area contributed by atoms with Crippen molar-refractivity contribution in [2.75, 3.05) is 6.61 Å². The van der Waals surface area contributed by atoms with E-state index >= 15 is 0 Å². The molecule has 1 aliphatic heterocycles. The van der Waals surface area contributed by atoms with E-state index in [1.165, 1.54) is 13.8 Å². The van der Waals surface area contributed by atoms with Gasteiger partial charge < -0.3 is 14.9 Å². The van der Waals surface area contributed by atoms with Gasteiger partial charge in [0.25, 0.3) is 0 Å². The largest absolute Gasteiger partial charge is 0.393 e.